The molecule has 1 fully saturated rings. The number of ether oxygens (including phenoxy) is 2. The van der Waals surface area contributed by atoms with Gasteiger partial charge in [0, 0.05) is 38.3 Å². The Kier molecular flexibility index (Phi) is 9.86. The van der Waals surface area contributed by atoms with Crippen LogP contribution in [-0.2, 0) is 4.79 Å². The van der Waals surface area contributed by atoms with E-state index in [0.29, 0.717) is 38.4 Å². The molecule has 0 aliphatic carbocycles. The minimum atomic E-state index is -0.800. The van der Waals surface area contributed by atoms with Crippen molar-refractivity contribution in [2.75, 3.05) is 45.9 Å². The van der Waals surface area contributed by atoms with Gasteiger partial charge in [0.25, 0.3) is 0 Å². The largest absolute Gasteiger partial charge is 0.494 e. The number of hydrogen-bond acceptors (Lipinski definition) is 8. The van der Waals surface area contributed by atoms with Crippen molar-refractivity contribution in [3.8, 4) is 11.5 Å². The first kappa shape index (κ1) is 26.4. The average molecular weight is 485 g/mol. The van der Waals surface area contributed by atoms with E-state index in [9.17, 15) is 9.90 Å². The predicted octanol–water partition coefficient (Wildman–Crippen LogP) is 1.20. The summed E-state index contributed by atoms with van der Waals surface area (Å²) < 4.78 is 11.5. The van der Waals surface area contributed by atoms with Crippen molar-refractivity contribution >= 4 is 11.8 Å². The van der Waals surface area contributed by atoms with E-state index in [1.165, 1.54) is 0 Å². The smallest absolute Gasteiger partial charge is 0.322 e. The molecule has 1 saturated heterocycles. The lowest BCUT2D eigenvalue weighted by molar-refractivity contribution is -0.146. The van der Waals surface area contributed by atoms with Crippen LogP contribution in [0.1, 0.15) is 30.1 Å². The highest BCUT2D eigenvalue weighted by atomic mass is 16.5. The second-order valence-corrected chi connectivity index (χ2v) is 8.63. The molecule has 10 nitrogen and oxygen atoms in total. The van der Waals surface area contributed by atoms with Crippen LogP contribution in [0.3, 0.4) is 0 Å². The molecule has 1 heterocycles. The quantitative estimate of drug-likeness (QED) is 0.122. The van der Waals surface area contributed by atoms with Gasteiger partial charge in [-0.1, -0.05) is 12.1 Å². The summed E-state index contributed by atoms with van der Waals surface area (Å²) in [5.41, 5.74) is 18.3. The summed E-state index contributed by atoms with van der Waals surface area (Å²) in [6.07, 6.45) is 1.02. The van der Waals surface area contributed by atoms with Gasteiger partial charge in [-0.25, -0.2) is 0 Å². The molecule has 10 heteroatoms. The van der Waals surface area contributed by atoms with Gasteiger partial charge in [0.05, 0.1) is 19.4 Å². The normalized spacial score (nSPS) is 16.8. The zero-order chi connectivity index (χ0) is 25.2. The molecule has 8 N–H and O–H groups in total. The molecule has 2 aromatic carbocycles. The van der Waals surface area contributed by atoms with E-state index in [4.69, 9.17) is 32.1 Å². The molecule has 0 saturated carbocycles. The van der Waals surface area contributed by atoms with Crippen molar-refractivity contribution in [1.82, 2.24) is 9.80 Å². The van der Waals surface area contributed by atoms with Crippen LogP contribution in [0.5, 0.6) is 11.5 Å². The summed E-state index contributed by atoms with van der Waals surface area (Å²) in [5, 5.41) is 17.2. The van der Waals surface area contributed by atoms with Gasteiger partial charge in [0.15, 0.2) is 0 Å². The molecule has 0 bridgehead atoms. The third kappa shape index (κ3) is 8.22. The highest BCUT2D eigenvalue weighted by molar-refractivity contribution is 5.94. The zero-order valence-electron chi connectivity index (χ0n) is 19.9. The van der Waals surface area contributed by atoms with Gasteiger partial charge in [-0.05, 0) is 54.8 Å². The number of nitrogen functional groups attached to an aromatic ring is 1. The number of carbonyl (C=O) groups is 1. The summed E-state index contributed by atoms with van der Waals surface area (Å²) in [5.74, 6) is 0.695. The monoisotopic (exact) mass is 484 g/mol. The number of piperazine rings is 1. The van der Waals surface area contributed by atoms with Crippen LogP contribution in [0.2, 0.25) is 0 Å². The molecule has 1 atom stereocenters. The molecule has 0 spiro atoms. The first-order valence-electron chi connectivity index (χ1n) is 11.8. The molecular weight excluding hydrogens is 448 g/mol. The Bertz CT molecular complexity index is 951. The molecule has 1 unspecified atom stereocenters. The third-order valence-corrected chi connectivity index (χ3v) is 6.04. The average Bonchev–Trinajstić information content (AvgIpc) is 2.85. The van der Waals surface area contributed by atoms with Gasteiger partial charge in [0.1, 0.15) is 23.4 Å². The van der Waals surface area contributed by atoms with Gasteiger partial charge < -0.3 is 31.8 Å². The van der Waals surface area contributed by atoms with Crippen molar-refractivity contribution in [2.24, 2.45) is 17.2 Å². The maximum atomic E-state index is 11.9. The van der Waals surface area contributed by atoms with E-state index in [1.807, 2.05) is 29.2 Å². The molecule has 2 aromatic rings. The molecule has 0 radical (unpaired) electrons. The van der Waals surface area contributed by atoms with Gasteiger partial charge in [-0.3, -0.25) is 20.0 Å². The number of amidine groups is 1. The molecule has 1 aliphatic rings. The fourth-order valence-electron chi connectivity index (χ4n) is 4.03. The van der Waals surface area contributed by atoms with E-state index in [0.717, 1.165) is 43.0 Å². The predicted molar refractivity (Wildman–Crippen MR) is 135 cm³/mol. The number of carboxylic acids is 1. The molecule has 190 valence electrons. The Morgan fingerprint density at radius 2 is 1.54 bits per heavy atom. The van der Waals surface area contributed by atoms with Gasteiger partial charge in [0.2, 0.25) is 0 Å². The van der Waals surface area contributed by atoms with E-state index in [-0.39, 0.29) is 5.84 Å². The standard InChI is InChI=1S/C25H36N6O4/c26-23(27)18-3-7-20(8-4-18)34-15-1-11-30-13-14-31(22(17-30)25(32)33)12-2-16-35-21-9-5-19(6-10-21)24(28)29/h3-10,22,24H,1-2,11-17,28-29H2,(H3,26,27)(H,32,33). The van der Waals surface area contributed by atoms with Crippen LogP contribution in [0, 0.1) is 5.41 Å². The van der Waals surface area contributed by atoms with Crippen molar-refractivity contribution in [3.63, 3.8) is 0 Å². The number of nitrogens with zero attached hydrogens (tertiary/aromatic N) is 2. The van der Waals surface area contributed by atoms with E-state index < -0.39 is 18.2 Å². The lowest BCUT2D eigenvalue weighted by atomic mass is 10.1. The maximum Gasteiger partial charge on any atom is 0.322 e. The second-order valence-electron chi connectivity index (χ2n) is 8.63. The van der Waals surface area contributed by atoms with Gasteiger partial charge in [-0.15, -0.1) is 0 Å². The number of hydrogen-bond donors (Lipinski definition) is 5. The van der Waals surface area contributed by atoms with Crippen molar-refractivity contribution in [1.29, 1.82) is 5.41 Å². The van der Waals surface area contributed by atoms with Gasteiger partial charge in [-0.2, -0.15) is 0 Å². The Morgan fingerprint density at radius 1 is 0.971 bits per heavy atom. The molecule has 3 rings (SSSR count). The Morgan fingerprint density at radius 3 is 2.09 bits per heavy atom. The summed E-state index contributed by atoms with van der Waals surface area (Å²) in [7, 11) is 0. The molecular formula is C25H36N6O4. The fraction of sp³-hybridized carbons (Fsp3) is 0.440. The van der Waals surface area contributed by atoms with Crippen LogP contribution < -0.4 is 26.7 Å². The van der Waals surface area contributed by atoms with Gasteiger partial charge >= 0.3 is 5.97 Å². The van der Waals surface area contributed by atoms with Crippen molar-refractivity contribution in [2.45, 2.75) is 25.0 Å². The number of nitrogens with one attached hydrogen (secondary N) is 1. The SMILES string of the molecule is N=C(N)c1ccc(OCCCN2CCN(CCCOc3ccc(C(N)N)cc3)C(C(=O)O)C2)cc1. The van der Waals surface area contributed by atoms with E-state index in [1.54, 1.807) is 24.3 Å². The number of carboxylic acid groups (broad SMARTS) is 1. The number of rotatable bonds is 13. The Balaban J connectivity index is 1.35. The molecule has 0 amide bonds. The fourth-order valence-corrected chi connectivity index (χ4v) is 4.03. The Hall–Kier alpha value is -3.18. The zero-order valence-corrected chi connectivity index (χ0v) is 19.9. The number of nitrogens with two attached hydrogens (primary N) is 3. The topological polar surface area (TPSA) is 164 Å². The van der Waals surface area contributed by atoms with Crippen molar-refractivity contribution < 1.29 is 19.4 Å². The van der Waals surface area contributed by atoms with Crippen LogP contribution >= 0.6 is 0 Å². The van der Waals surface area contributed by atoms with E-state index >= 15 is 0 Å². The lowest BCUT2D eigenvalue weighted by Crippen LogP contribution is -2.56. The summed E-state index contributed by atoms with van der Waals surface area (Å²) in [4.78, 5) is 16.1. The van der Waals surface area contributed by atoms with Crippen LogP contribution in [0.4, 0.5) is 0 Å². The second kappa shape index (κ2) is 13.1. The number of benzene rings is 2. The van der Waals surface area contributed by atoms with Crippen LogP contribution in [-0.4, -0.2) is 78.7 Å². The molecule has 35 heavy (non-hydrogen) atoms. The third-order valence-electron chi connectivity index (χ3n) is 6.04. The summed E-state index contributed by atoms with van der Waals surface area (Å²) in [6, 6.07) is 13.9. The van der Waals surface area contributed by atoms with Crippen LogP contribution in [0.25, 0.3) is 0 Å². The van der Waals surface area contributed by atoms with E-state index in [2.05, 4.69) is 4.90 Å². The first-order chi connectivity index (χ1) is 16.8. The molecule has 0 aromatic heterocycles. The summed E-state index contributed by atoms with van der Waals surface area (Å²) in [6.45, 7) is 4.49. The first-order valence-corrected chi connectivity index (χ1v) is 11.8. The maximum absolute atomic E-state index is 11.9. The number of aliphatic carboxylic acids is 1. The lowest BCUT2D eigenvalue weighted by Gasteiger charge is -2.39. The summed E-state index contributed by atoms with van der Waals surface area (Å²) >= 11 is 0. The van der Waals surface area contributed by atoms with Crippen LogP contribution in [0.15, 0.2) is 48.5 Å². The minimum absolute atomic E-state index is 0.0273. The highest BCUT2D eigenvalue weighted by Crippen LogP contribution is 2.16. The Labute approximate surface area is 206 Å². The molecule has 1 aliphatic heterocycles. The minimum Gasteiger partial charge on any atom is -0.494 e. The van der Waals surface area contributed by atoms with Crippen molar-refractivity contribution in [3.05, 3.63) is 59.7 Å². The highest BCUT2D eigenvalue weighted by Gasteiger charge is 2.31.